The Balaban J connectivity index is 1.98. The number of nitrogens with one attached hydrogen (secondary N) is 3. The molecule has 21 heavy (non-hydrogen) atoms. The minimum Gasteiger partial charge on any atom is -0.353 e. The first-order chi connectivity index (χ1) is 10.1. The fraction of sp³-hybridized carbons (Fsp3) is 0.250. The van der Waals surface area contributed by atoms with E-state index in [-0.39, 0.29) is 5.91 Å². The van der Waals surface area contributed by atoms with Crippen molar-refractivity contribution in [3.8, 4) is 11.4 Å². The van der Waals surface area contributed by atoms with Crippen molar-refractivity contribution in [1.29, 1.82) is 0 Å². The second-order valence-corrected chi connectivity index (χ2v) is 5.52. The molecule has 108 valence electrons. The Morgan fingerprint density at radius 2 is 2.14 bits per heavy atom. The average molecular weight is 282 g/mol. The van der Waals surface area contributed by atoms with E-state index in [0.29, 0.717) is 18.0 Å². The van der Waals surface area contributed by atoms with Gasteiger partial charge in [-0.15, -0.1) is 0 Å². The van der Waals surface area contributed by atoms with Crippen LogP contribution in [0.2, 0.25) is 0 Å². The van der Waals surface area contributed by atoms with Gasteiger partial charge in [0.05, 0.1) is 11.4 Å². The highest BCUT2D eigenvalue weighted by Crippen LogP contribution is 2.25. The number of aromatic nitrogens is 3. The normalized spacial score (nSPS) is 11.2. The van der Waals surface area contributed by atoms with Crippen molar-refractivity contribution < 1.29 is 4.79 Å². The molecule has 5 heteroatoms. The zero-order valence-electron chi connectivity index (χ0n) is 12.1. The van der Waals surface area contributed by atoms with Gasteiger partial charge >= 0.3 is 0 Å². The van der Waals surface area contributed by atoms with Gasteiger partial charge in [-0.05, 0) is 30.2 Å². The van der Waals surface area contributed by atoms with Gasteiger partial charge in [0, 0.05) is 29.2 Å². The third-order valence-electron chi connectivity index (χ3n) is 3.37. The minimum atomic E-state index is -0.0375. The second kappa shape index (κ2) is 5.44. The highest BCUT2D eigenvalue weighted by molar-refractivity contribution is 6.07. The Morgan fingerprint density at radius 3 is 2.86 bits per heavy atom. The number of hydrogen-bond donors (Lipinski definition) is 3. The lowest BCUT2D eigenvalue weighted by Gasteiger charge is -2.08. The Bertz CT molecular complexity index is 756. The summed E-state index contributed by atoms with van der Waals surface area (Å²) in [6.07, 6.45) is 1.71. The van der Waals surface area contributed by atoms with Crippen LogP contribution in [0.1, 0.15) is 24.2 Å². The van der Waals surface area contributed by atoms with Crippen LogP contribution >= 0.6 is 0 Å². The van der Waals surface area contributed by atoms with Crippen molar-refractivity contribution >= 4 is 16.8 Å². The first kappa shape index (κ1) is 13.4. The van der Waals surface area contributed by atoms with E-state index in [9.17, 15) is 4.79 Å². The fourth-order valence-corrected chi connectivity index (χ4v) is 2.30. The van der Waals surface area contributed by atoms with Crippen molar-refractivity contribution in [2.75, 3.05) is 6.54 Å². The minimum absolute atomic E-state index is 0.0375. The lowest BCUT2D eigenvalue weighted by atomic mass is 10.1. The monoisotopic (exact) mass is 282 g/mol. The van der Waals surface area contributed by atoms with Crippen molar-refractivity contribution in [1.82, 2.24) is 20.5 Å². The quantitative estimate of drug-likeness (QED) is 0.688. The van der Waals surface area contributed by atoms with Gasteiger partial charge in [0.1, 0.15) is 0 Å². The maximum atomic E-state index is 12.3. The standard InChI is InChI=1S/C16H18N4O/c1-10(2)9-17-16(21)11-4-3-5-13-12(11)8-15(19-13)14-6-7-18-20-14/h3-8,10,19H,9H2,1-2H3,(H,17,21)(H,18,20). The van der Waals surface area contributed by atoms with Crippen LogP contribution in [-0.2, 0) is 0 Å². The van der Waals surface area contributed by atoms with Crippen molar-refractivity contribution in [2.24, 2.45) is 5.92 Å². The molecule has 1 aromatic carbocycles. The summed E-state index contributed by atoms with van der Waals surface area (Å²) in [5, 5.41) is 10.8. The van der Waals surface area contributed by atoms with Crippen LogP contribution in [0.15, 0.2) is 36.5 Å². The molecule has 1 amide bonds. The van der Waals surface area contributed by atoms with Crippen LogP contribution in [0.3, 0.4) is 0 Å². The number of H-pyrrole nitrogens is 2. The first-order valence-corrected chi connectivity index (χ1v) is 7.05. The van der Waals surface area contributed by atoms with Gasteiger partial charge in [-0.25, -0.2) is 0 Å². The van der Waals surface area contributed by atoms with Gasteiger partial charge in [-0.3, -0.25) is 9.89 Å². The third-order valence-corrected chi connectivity index (χ3v) is 3.37. The number of rotatable bonds is 4. The number of carbonyl (C=O) groups excluding carboxylic acids is 1. The van der Waals surface area contributed by atoms with Crippen LogP contribution in [-0.4, -0.2) is 27.6 Å². The zero-order chi connectivity index (χ0) is 14.8. The Kier molecular flexibility index (Phi) is 3.48. The summed E-state index contributed by atoms with van der Waals surface area (Å²) < 4.78 is 0. The van der Waals surface area contributed by atoms with Crippen LogP contribution < -0.4 is 5.32 Å². The molecule has 0 saturated carbocycles. The smallest absolute Gasteiger partial charge is 0.251 e. The molecule has 0 aliphatic heterocycles. The average Bonchev–Trinajstić information content (AvgIpc) is 3.12. The molecule has 0 radical (unpaired) electrons. The summed E-state index contributed by atoms with van der Waals surface area (Å²) in [5.74, 6) is 0.393. The largest absolute Gasteiger partial charge is 0.353 e. The summed E-state index contributed by atoms with van der Waals surface area (Å²) in [5.41, 5.74) is 3.46. The van der Waals surface area contributed by atoms with Crippen LogP contribution in [0.4, 0.5) is 0 Å². The molecule has 3 rings (SSSR count). The van der Waals surface area contributed by atoms with Crippen LogP contribution in [0.25, 0.3) is 22.3 Å². The van der Waals surface area contributed by atoms with E-state index in [0.717, 1.165) is 22.3 Å². The summed E-state index contributed by atoms with van der Waals surface area (Å²) in [4.78, 5) is 15.6. The van der Waals surface area contributed by atoms with E-state index >= 15 is 0 Å². The molecular formula is C16H18N4O. The Morgan fingerprint density at radius 1 is 1.29 bits per heavy atom. The molecule has 0 bridgehead atoms. The fourth-order valence-electron chi connectivity index (χ4n) is 2.30. The molecule has 0 aliphatic carbocycles. The van der Waals surface area contributed by atoms with Crippen LogP contribution in [0, 0.1) is 5.92 Å². The van der Waals surface area contributed by atoms with E-state index in [4.69, 9.17) is 0 Å². The molecule has 0 aliphatic rings. The number of fused-ring (bicyclic) bond motifs is 1. The van der Waals surface area contributed by atoms with Gasteiger partial charge in [0.25, 0.3) is 5.91 Å². The number of nitrogens with zero attached hydrogens (tertiary/aromatic N) is 1. The molecular weight excluding hydrogens is 264 g/mol. The molecule has 2 heterocycles. The molecule has 3 aromatic rings. The summed E-state index contributed by atoms with van der Waals surface area (Å²) in [6, 6.07) is 9.58. The topological polar surface area (TPSA) is 73.6 Å². The molecule has 3 N–H and O–H groups in total. The van der Waals surface area contributed by atoms with E-state index < -0.39 is 0 Å². The van der Waals surface area contributed by atoms with Crippen LogP contribution in [0.5, 0.6) is 0 Å². The Labute approximate surface area is 122 Å². The van der Waals surface area contributed by atoms with Crippen molar-refractivity contribution in [3.63, 3.8) is 0 Å². The van der Waals surface area contributed by atoms with Gasteiger partial charge < -0.3 is 10.3 Å². The highest BCUT2D eigenvalue weighted by Gasteiger charge is 2.13. The SMILES string of the molecule is CC(C)CNC(=O)c1cccc2[nH]c(-c3ccn[nH]3)cc12. The van der Waals surface area contributed by atoms with E-state index in [2.05, 4.69) is 34.3 Å². The van der Waals surface area contributed by atoms with E-state index in [1.807, 2.05) is 30.3 Å². The van der Waals surface area contributed by atoms with Gasteiger partial charge in [-0.2, -0.15) is 5.10 Å². The van der Waals surface area contributed by atoms with Gasteiger partial charge in [0.2, 0.25) is 0 Å². The maximum absolute atomic E-state index is 12.3. The molecule has 0 atom stereocenters. The summed E-state index contributed by atoms with van der Waals surface area (Å²) >= 11 is 0. The number of carbonyl (C=O) groups is 1. The molecule has 0 fully saturated rings. The number of amides is 1. The lowest BCUT2D eigenvalue weighted by molar-refractivity contribution is 0.0950. The number of hydrogen-bond acceptors (Lipinski definition) is 2. The molecule has 0 unspecified atom stereocenters. The zero-order valence-corrected chi connectivity index (χ0v) is 12.1. The predicted octanol–water partition coefficient (Wildman–Crippen LogP) is 2.94. The third kappa shape index (κ3) is 2.67. The molecule has 0 spiro atoms. The molecule has 0 saturated heterocycles. The summed E-state index contributed by atoms with van der Waals surface area (Å²) in [7, 11) is 0. The van der Waals surface area contributed by atoms with E-state index in [1.165, 1.54) is 0 Å². The lowest BCUT2D eigenvalue weighted by Crippen LogP contribution is -2.27. The molecule has 2 aromatic heterocycles. The predicted molar refractivity (Wildman–Crippen MR) is 83.1 cm³/mol. The van der Waals surface area contributed by atoms with Crippen molar-refractivity contribution in [2.45, 2.75) is 13.8 Å². The van der Waals surface area contributed by atoms with Gasteiger partial charge in [0.15, 0.2) is 0 Å². The molecule has 5 nitrogen and oxygen atoms in total. The van der Waals surface area contributed by atoms with Crippen molar-refractivity contribution in [3.05, 3.63) is 42.1 Å². The van der Waals surface area contributed by atoms with Gasteiger partial charge in [-0.1, -0.05) is 19.9 Å². The maximum Gasteiger partial charge on any atom is 0.251 e. The van der Waals surface area contributed by atoms with E-state index in [1.54, 1.807) is 6.20 Å². The number of benzene rings is 1. The Hall–Kier alpha value is -2.56. The number of aromatic amines is 2. The highest BCUT2D eigenvalue weighted by atomic mass is 16.1. The second-order valence-electron chi connectivity index (χ2n) is 5.52. The summed E-state index contributed by atoms with van der Waals surface area (Å²) in [6.45, 7) is 4.83. The first-order valence-electron chi connectivity index (χ1n) is 7.05.